The molecule has 0 N–H and O–H groups in total. The van der Waals surface area contributed by atoms with Gasteiger partial charge in [0.25, 0.3) is 0 Å². The number of aldehydes is 1. The van der Waals surface area contributed by atoms with E-state index in [-0.39, 0.29) is 0 Å². The molecule has 3 aromatic carbocycles. The lowest BCUT2D eigenvalue weighted by Crippen LogP contribution is -2.02. The highest BCUT2D eigenvalue weighted by molar-refractivity contribution is 5.84. The first-order valence-electron chi connectivity index (χ1n) is 8.31. The van der Waals surface area contributed by atoms with E-state index < -0.39 is 0 Å². The Morgan fingerprint density at radius 3 is 1.85 bits per heavy atom. The average molecular weight is 348 g/mol. The van der Waals surface area contributed by atoms with E-state index in [2.05, 4.69) is 0 Å². The molecule has 0 atom stereocenters. The van der Waals surface area contributed by atoms with E-state index in [9.17, 15) is 4.79 Å². The summed E-state index contributed by atoms with van der Waals surface area (Å²) in [7, 11) is 1.52. The van der Waals surface area contributed by atoms with Crippen molar-refractivity contribution in [3.05, 3.63) is 89.5 Å². The molecule has 0 unspecified atom stereocenters. The smallest absolute Gasteiger partial charge is 0.157 e. The van der Waals surface area contributed by atoms with Crippen molar-refractivity contribution in [1.82, 2.24) is 0 Å². The molecule has 0 spiro atoms. The molecule has 0 aliphatic rings. The summed E-state index contributed by atoms with van der Waals surface area (Å²) in [5.74, 6) is 1.44. The van der Waals surface area contributed by atoms with Gasteiger partial charge in [-0.25, -0.2) is 0 Å². The normalized spacial score (nSPS) is 10.2. The minimum Gasteiger partial charge on any atom is -0.496 e. The number of methoxy groups -OCH3 is 1. The van der Waals surface area contributed by atoms with Crippen LogP contribution in [0.15, 0.2) is 72.8 Å². The molecule has 0 bridgehead atoms. The van der Waals surface area contributed by atoms with Gasteiger partial charge >= 0.3 is 0 Å². The third kappa shape index (κ3) is 4.42. The van der Waals surface area contributed by atoms with Gasteiger partial charge in [-0.15, -0.1) is 0 Å². The molecule has 0 amide bonds. The third-order valence-electron chi connectivity index (χ3n) is 3.90. The summed E-state index contributed by atoms with van der Waals surface area (Å²) >= 11 is 0. The lowest BCUT2D eigenvalue weighted by molar-refractivity contribution is 0.111. The molecule has 0 aliphatic heterocycles. The van der Waals surface area contributed by atoms with Crippen LogP contribution in [0.4, 0.5) is 0 Å². The zero-order chi connectivity index (χ0) is 18.2. The standard InChI is InChI=1S/C22H20O4/c1-24-21-12-19(25-15-17-8-4-2-5-9-17)13-22(20(21)14-23)26-16-18-10-6-3-7-11-18/h2-14H,15-16H2,1H3. The summed E-state index contributed by atoms with van der Waals surface area (Å²) in [4.78, 5) is 11.5. The van der Waals surface area contributed by atoms with E-state index in [1.807, 2.05) is 60.7 Å². The number of hydrogen-bond acceptors (Lipinski definition) is 4. The summed E-state index contributed by atoms with van der Waals surface area (Å²) in [6.45, 7) is 0.773. The number of hydrogen-bond donors (Lipinski definition) is 0. The van der Waals surface area contributed by atoms with Gasteiger partial charge in [0.05, 0.1) is 12.7 Å². The average Bonchev–Trinajstić information content (AvgIpc) is 2.71. The fourth-order valence-electron chi connectivity index (χ4n) is 2.54. The maximum absolute atomic E-state index is 11.5. The molecule has 3 rings (SSSR count). The number of benzene rings is 3. The Hall–Kier alpha value is -3.27. The highest BCUT2D eigenvalue weighted by Crippen LogP contribution is 2.33. The van der Waals surface area contributed by atoms with Gasteiger partial charge < -0.3 is 14.2 Å². The van der Waals surface area contributed by atoms with Crippen molar-refractivity contribution >= 4 is 6.29 Å². The third-order valence-corrected chi connectivity index (χ3v) is 3.90. The first-order valence-corrected chi connectivity index (χ1v) is 8.31. The van der Waals surface area contributed by atoms with E-state index in [0.717, 1.165) is 17.4 Å². The Morgan fingerprint density at radius 2 is 1.31 bits per heavy atom. The molecule has 4 heteroatoms. The minimum absolute atomic E-state index is 0.354. The van der Waals surface area contributed by atoms with Crippen LogP contribution in [-0.2, 0) is 13.2 Å². The second kappa shape index (κ2) is 8.72. The summed E-state index contributed by atoms with van der Waals surface area (Å²) in [5, 5.41) is 0. The van der Waals surface area contributed by atoms with E-state index >= 15 is 0 Å². The summed E-state index contributed by atoms with van der Waals surface area (Å²) < 4.78 is 17.0. The van der Waals surface area contributed by atoms with Gasteiger partial charge in [0.1, 0.15) is 30.5 Å². The van der Waals surface area contributed by atoms with Crippen LogP contribution in [0, 0.1) is 0 Å². The van der Waals surface area contributed by atoms with Crippen LogP contribution in [0.1, 0.15) is 21.5 Å². The van der Waals surface area contributed by atoms with Crippen LogP contribution in [0.3, 0.4) is 0 Å². The van der Waals surface area contributed by atoms with Crippen LogP contribution >= 0.6 is 0 Å². The van der Waals surface area contributed by atoms with Crippen molar-refractivity contribution in [3.8, 4) is 17.2 Å². The number of ether oxygens (including phenoxy) is 3. The summed E-state index contributed by atoms with van der Waals surface area (Å²) in [5.41, 5.74) is 2.44. The Morgan fingerprint density at radius 1 is 0.769 bits per heavy atom. The number of carbonyl (C=O) groups excluding carboxylic acids is 1. The van der Waals surface area contributed by atoms with Crippen LogP contribution in [0.5, 0.6) is 17.2 Å². The van der Waals surface area contributed by atoms with Crippen molar-refractivity contribution < 1.29 is 19.0 Å². The molecule has 4 nitrogen and oxygen atoms in total. The van der Waals surface area contributed by atoms with Crippen molar-refractivity contribution in [2.75, 3.05) is 7.11 Å². The molecule has 132 valence electrons. The molecular formula is C22H20O4. The second-order valence-electron chi connectivity index (χ2n) is 5.70. The number of carbonyl (C=O) groups is 1. The molecule has 0 saturated heterocycles. The van der Waals surface area contributed by atoms with Gasteiger partial charge in [-0.2, -0.15) is 0 Å². The zero-order valence-corrected chi connectivity index (χ0v) is 14.6. The SMILES string of the molecule is COc1cc(OCc2ccccc2)cc(OCc2ccccc2)c1C=O. The number of rotatable bonds is 8. The van der Waals surface area contributed by atoms with Crippen LogP contribution < -0.4 is 14.2 Å². The Labute approximate surface area is 153 Å². The minimum atomic E-state index is 0.354. The Balaban J connectivity index is 1.80. The molecular weight excluding hydrogens is 328 g/mol. The first kappa shape index (κ1) is 17.5. The van der Waals surface area contributed by atoms with Crippen LogP contribution in [0.2, 0.25) is 0 Å². The maximum atomic E-state index is 11.5. The van der Waals surface area contributed by atoms with Gasteiger partial charge in [-0.1, -0.05) is 60.7 Å². The Bertz CT molecular complexity index is 845. The second-order valence-corrected chi connectivity index (χ2v) is 5.70. The van der Waals surface area contributed by atoms with Crippen LogP contribution in [0.25, 0.3) is 0 Å². The monoisotopic (exact) mass is 348 g/mol. The van der Waals surface area contributed by atoms with E-state index in [0.29, 0.717) is 36.0 Å². The topological polar surface area (TPSA) is 44.8 Å². The lowest BCUT2D eigenvalue weighted by atomic mass is 10.1. The summed E-state index contributed by atoms with van der Waals surface area (Å²) in [6.07, 6.45) is 0.736. The maximum Gasteiger partial charge on any atom is 0.157 e. The molecule has 0 fully saturated rings. The molecule has 3 aromatic rings. The predicted octanol–water partition coefficient (Wildman–Crippen LogP) is 4.67. The van der Waals surface area contributed by atoms with Gasteiger partial charge in [-0.3, -0.25) is 4.79 Å². The molecule has 0 aromatic heterocycles. The fraction of sp³-hybridized carbons (Fsp3) is 0.136. The van der Waals surface area contributed by atoms with E-state index in [4.69, 9.17) is 14.2 Å². The van der Waals surface area contributed by atoms with E-state index in [1.165, 1.54) is 7.11 Å². The molecule has 0 aliphatic carbocycles. The van der Waals surface area contributed by atoms with Gasteiger partial charge in [-0.05, 0) is 11.1 Å². The van der Waals surface area contributed by atoms with Gasteiger partial charge in [0, 0.05) is 12.1 Å². The highest BCUT2D eigenvalue weighted by atomic mass is 16.5. The van der Waals surface area contributed by atoms with Crippen molar-refractivity contribution in [3.63, 3.8) is 0 Å². The quantitative estimate of drug-likeness (QED) is 0.555. The predicted molar refractivity (Wildman–Crippen MR) is 99.9 cm³/mol. The molecule has 0 saturated carbocycles. The van der Waals surface area contributed by atoms with Gasteiger partial charge in [0.2, 0.25) is 0 Å². The lowest BCUT2D eigenvalue weighted by Gasteiger charge is -2.15. The highest BCUT2D eigenvalue weighted by Gasteiger charge is 2.14. The van der Waals surface area contributed by atoms with E-state index in [1.54, 1.807) is 12.1 Å². The molecule has 26 heavy (non-hydrogen) atoms. The first-order chi connectivity index (χ1) is 12.8. The van der Waals surface area contributed by atoms with Crippen LogP contribution in [-0.4, -0.2) is 13.4 Å². The van der Waals surface area contributed by atoms with Crippen molar-refractivity contribution in [2.24, 2.45) is 0 Å². The van der Waals surface area contributed by atoms with Crippen molar-refractivity contribution in [1.29, 1.82) is 0 Å². The Kier molecular flexibility index (Phi) is 5.88. The molecule has 0 radical (unpaired) electrons. The largest absolute Gasteiger partial charge is 0.496 e. The zero-order valence-electron chi connectivity index (χ0n) is 14.6. The molecule has 0 heterocycles. The summed E-state index contributed by atoms with van der Waals surface area (Å²) in [6, 6.07) is 23.0. The fourth-order valence-corrected chi connectivity index (χ4v) is 2.54. The van der Waals surface area contributed by atoms with Gasteiger partial charge in [0.15, 0.2) is 6.29 Å². The van der Waals surface area contributed by atoms with Crippen molar-refractivity contribution in [2.45, 2.75) is 13.2 Å².